The molecule has 0 saturated carbocycles. The van der Waals surface area contributed by atoms with E-state index in [0.717, 1.165) is 19.3 Å². The van der Waals surface area contributed by atoms with E-state index in [1.54, 1.807) is 0 Å². The van der Waals surface area contributed by atoms with Crippen LogP contribution in [0.25, 0.3) is 0 Å². The smallest absolute Gasteiger partial charge is 0.250 e. The number of hydrogen-bond donors (Lipinski definition) is 1. The molecule has 1 atom stereocenters. The molecular weight excluding hydrogens is 196 g/mol. The normalized spacial score (nSPS) is 13.6. The van der Waals surface area contributed by atoms with Gasteiger partial charge in [0.15, 0.2) is 0 Å². The molecule has 0 aliphatic rings. The van der Waals surface area contributed by atoms with E-state index in [9.17, 15) is 8.78 Å². The molecule has 0 spiro atoms. The van der Waals surface area contributed by atoms with Gasteiger partial charge in [0.05, 0.1) is 6.54 Å². The number of hydrogen-bond acceptors (Lipinski definition) is 1. The SMILES string of the molecule is CCCC(CCCl)CNCC(F)F. The van der Waals surface area contributed by atoms with Crippen LogP contribution in [0.15, 0.2) is 0 Å². The van der Waals surface area contributed by atoms with E-state index in [4.69, 9.17) is 11.6 Å². The molecule has 4 heteroatoms. The van der Waals surface area contributed by atoms with Crippen molar-refractivity contribution in [1.82, 2.24) is 5.32 Å². The quantitative estimate of drug-likeness (QED) is 0.612. The van der Waals surface area contributed by atoms with Gasteiger partial charge >= 0.3 is 0 Å². The van der Waals surface area contributed by atoms with E-state index < -0.39 is 6.43 Å². The van der Waals surface area contributed by atoms with Gasteiger partial charge in [0.25, 0.3) is 6.43 Å². The molecule has 13 heavy (non-hydrogen) atoms. The molecule has 0 rings (SSSR count). The standard InChI is InChI=1S/C9H18ClF2N/c1-2-3-8(4-5-10)6-13-7-9(11)12/h8-9,13H,2-7H2,1H3. The van der Waals surface area contributed by atoms with Gasteiger partial charge in [-0.05, 0) is 25.3 Å². The minimum atomic E-state index is -2.25. The molecule has 0 saturated heterocycles. The fraction of sp³-hybridized carbons (Fsp3) is 1.00. The zero-order chi connectivity index (χ0) is 10.1. The fourth-order valence-electron chi connectivity index (χ4n) is 1.31. The van der Waals surface area contributed by atoms with Crippen LogP contribution in [0.1, 0.15) is 26.2 Å². The van der Waals surface area contributed by atoms with Crippen LogP contribution in [-0.2, 0) is 0 Å². The molecule has 0 radical (unpaired) electrons. The van der Waals surface area contributed by atoms with Crippen molar-refractivity contribution in [3.63, 3.8) is 0 Å². The zero-order valence-electron chi connectivity index (χ0n) is 8.03. The average molecular weight is 214 g/mol. The summed E-state index contributed by atoms with van der Waals surface area (Å²) in [5, 5.41) is 2.75. The second-order valence-corrected chi connectivity index (χ2v) is 3.56. The molecule has 0 heterocycles. The summed E-state index contributed by atoms with van der Waals surface area (Å²) in [5.41, 5.74) is 0. The first-order chi connectivity index (χ1) is 6.20. The Balaban J connectivity index is 3.44. The lowest BCUT2D eigenvalue weighted by molar-refractivity contribution is 0.144. The highest BCUT2D eigenvalue weighted by molar-refractivity contribution is 6.17. The third-order valence-corrected chi connectivity index (χ3v) is 2.16. The molecule has 0 bridgehead atoms. The first-order valence-corrected chi connectivity index (χ1v) is 5.29. The van der Waals surface area contributed by atoms with Gasteiger partial charge in [-0.25, -0.2) is 8.78 Å². The van der Waals surface area contributed by atoms with Crippen LogP contribution in [0.3, 0.4) is 0 Å². The van der Waals surface area contributed by atoms with Crippen LogP contribution < -0.4 is 5.32 Å². The predicted molar refractivity (Wildman–Crippen MR) is 52.6 cm³/mol. The van der Waals surface area contributed by atoms with Gasteiger partial charge in [-0.1, -0.05) is 13.3 Å². The van der Waals surface area contributed by atoms with Crippen LogP contribution in [0.4, 0.5) is 8.78 Å². The van der Waals surface area contributed by atoms with Crippen molar-refractivity contribution >= 4 is 11.6 Å². The topological polar surface area (TPSA) is 12.0 Å². The second kappa shape index (κ2) is 8.70. The lowest BCUT2D eigenvalue weighted by Crippen LogP contribution is -2.27. The largest absolute Gasteiger partial charge is 0.311 e. The van der Waals surface area contributed by atoms with Crippen LogP contribution >= 0.6 is 11.6 Å². The molecule has 1 nitrogen and oxygen atoms in total. The lowest BCUT2D eigenvalue weighted by atomic mass is 10.0. The van der Waals surface area contributed by atoms with E-state index in [1.807, 2.05) is 0 Å². The van der Waals surface area contributed by atoms with Crippen molar-refractivity contribution in [2.75, 3.05) is 19.0 Å². The third kappa shape index (κ3) is 8.44. The number of nitrogens with one attached hydrogen (secondary N) is 1. The molecular formula is C9H18ClF2N. The van der Waals surface area contributed by atoms with Gasteiger partial charge in [0, 0.05) is 5.88 Å². The van der Waals surface area contributed by atoms with Crippen molar-refractivity contribution < 1.29 is 8.78 Å². The van der Waals surface area contributed by atoms with Crippen molar-refractivity contribution in [3.05, 3.63) is 0 Å². The van der Waals surface area contributed by atoms with Gasteiger partial charge in [0.1, 0.15) is 0 Å². The van der Waals surface area contributed by atoms with Gasteiger partial charge in [-0.2, -0.15) is 0 Å². The molecule has 80 valence electrons. The van der Waals surface area contributed by atoms with E-state index in [0.29, 0.717) is 18.3 Å². The summed E-state index contributed by atoms with van der Waals surface area (Å²) in [6, 6.07) is 0. The maximum absolute atomic E-state index is 11.8. The first kappa shape index (κ1) is 13.1. The summed E-state index contributed by atoms with van der Waals surface area (Å²) in [4.78, 5) is 0. The zero-order valence-corrected chi connectivity index (χ0v) is 8.79. The average Bonchev–Trinajstić information content (AvgIpc) is 2.04. The van der Waals surface area contributed by atoms with Crippen LogP contribution in [0.2, 0.25) is 0 Å². The van der Waals surface area contributed by atoms with Crippen molar-refractivity contribution in [2.24, 2.45) is 5.92 Å². The Bertz CT molecular complexity index is 106. The van der Waals surface area contributed by atoms with Crippen LogP contribution in [0, 0.1) is 5.92 Å². The number of halogens is 3. The number of alkyl halides is 3. The minimum absolute atomic E-state index is 0.206. The predicted octanol–water partition coefficient (Wildman–Crippen LogP) is 2.89. The highest BCUT2D eigenvalue weighted by atomic mass is 35.5. The monoisotopic (exact) mass is 213 g/mol. The van der Waals surface area contributed by atoms with Gasteiger partial charge in [-0.3, -0.25) is 0 Å². The molecule has 1 unspecified atom stereocenters. The Kier molecular flexibility index (Phi) is 8.77. The van der Waals surface area contributed by atoms with Crippen LogP contribution in [0.5, 0.6) is 0 Å². The molecule has 0 fully saturated rings. The summed E-state index contributed by atoms with van der Waals surface area (Å²) in [6.07, 6.45) is 0.797. The maximum atomic E-state index is 11.8. The van der Waals surface area contributed by atoms with Crippen LogP contribution in [-0.4, -0.2) is 25.4 Å². The Morgan fingerprint density at radius 1 is 1.23 bits per heavy atom. The molecule has 0 aromatic carbocycles. The van der Waals surface area contributed by atoms with Crippen molar-refractivity contribution in [2.45, 2.75) is 32.6 Å². The minimum Gasteiger partial charge on any atom is -0.311 e. The summed E-state index contributed by atoms with van der Waals surface area (Å²) in [7, 11) is 0. The fourth-order valence-corrected chi connectivity index (χ4v) is 1.62. The molecule has 1 N–H and O–H groups in total. The summed E-state index contributed by atoms with van der Waals surface area (Å²) < 4.78 is 23.5. The Morgan fingerprint density at radius 3 is 2.38 bits per heavy atom. The Hall–Kier alpha value is 0.110. The molecule has 0 amide bonds. The number of rotatable bonds is 8. The lowest BCUT2D eigenvalue weighted by Gasteiger charge is -2.15. The molecule has 0 aromatic rings. The van der Waals surface area contributed by atoms with E-state index >= 15 is 0 Å². The van der Waals surface area contributed by atoms with E-state index in [2.05, 4.69) is 12.2 Å². The summed E-state index contributed by atoms with van der Waals surface area (Å²) in [5.74, 6) is 1.06. The molecule has 0 aliphatic heterocycles. The third-order valence-electron chi connectivity index (χ3n) is 1.95. The summed E-state index contributed by atoms with van der Waals surface area (Å²) in [6.45, 7) is 2.54. The van der Waals surface area contributed by atoms with Gasteiger partial charge < -0.3 is 5.32 Å². The molecule has 0 aromatic heterocycles. The Morgan fingerprint density at radius 2 is 1.92 bits per heavy atom. The van der Waals surface area contributed by atoms with Crippen molar-refractivity contribution in [3.8, 4) is 0 Å². The highest BCUT2D eigenvalue weighted by Crippen LogP contribution is 2.10. The van der Waals surface area contributed by atoms with Gasteiger partial charge in [-0.15, -0.1) is 11.6 Å². The van der Waals surface area contributed by atoms with Gasteiger partial charge in [0.2, 0.25) is 0 Å². The van der Waals surface area contributed by atoms with Crippen molar-refractivity contribution in [1.29, 1.82) is 0 Å². The highest BCUT2D eigenvalue weighted by Gasteiger charge is 2.08. The summed E-state index contributed by atoms with van der Waals surface area (Å²) >= 11 is 5.60. The first-order valence-electron chi connectivity index (χ1n) is 4.75. The Labute approximate surface area is 83.8 Å². The van der Waals surface area contributed by atoms with E-state index in [1.165, 1.54) is 0 Å². The molecule has 0 aliphatic carbocycles. The maximum Gasteiger partial charge on any atom is 0.250 e. The van der Waals surface area contributed by atoms with E-state index in [-0.39, 0.29) is 6.54 Å². The second-order valence-electron chi connectivity index (χ2n) is 3.18.